The lowest BCUT2D eigenvalue weighted by Gasteiger charge is -2.13. The molecule has 0 radical (unpaired) electrons. The highest BCUT2D eigenvalue weighted by molar-refractivity contribution is 6.02. The number of amides is 2. The van der Waals surface area contributed by atoms with Crippen molar-refractivity contribution in [3.63, 3.8) is 0 Å². The highest BCUT2D eigenvalue weighted by Crippen LogP contribution is 2.22. The van der Waals surface area contributed by atoms with Gasteiger partial charge in [0.2, 0.25) is 0 Å². The summed E-state index contributed by atoms with van der Waals surface area (Å²) < 4.78 is 1.73. The molecule has 1 heterocycles. The van der Waals surface area contributed by atoms with Gasteiger partial charge in [0.25, 0.3) is 11.8 Å². The second-order valence-electron chi connectivity index (χ2n) is 7.79. The number of hydrogen-bond donors (Lipinski definition) is 2. The van der Waals surface area contributed by atoms with Gasteiger partial charge in [0.05, 0.1) is 12.1 Å². The van der Waals surface area contributed by atoms with Gasteiger partial charge in [0.15, 0.2) is 0 Å². The number of rotatable bonds is 6. The van der Waals surface area contributed by atoms with Gasteiger partial charge in [-0.3, -0.25) is 25.1 Å². The first-order chi connectivity index (χ1) is 16.0. The third-order valence-electron chi connectivity index (χ3n) is 5.16. The average molecular weight is 440 g/mol. The number of nitrogens with zero attached hydrogens (tertiary/aromatic N) is 3. The third kappa shape index (κ3) is 5.27. The molecule has 0 spiro atoms. The monoisotopic (exact) mass is 439 g/mol. The maximum absolute atomic E-state index is 13.0. The predicted molar refractivity (Wildman–Crippen MR) is 129 cm³/mol. The van der Waals surface area contributed by atoms with Gasteiger partial charge < -0.3 is 4.90 Å². The Morgan fingerprint density at radius 3 is 2.21 bits per heavy atom. The van der Waals surface area contributed by atoms with Crippen molar-refractivity contribution >= 4 is 17.5 Å². The van der Waals surface area contributed by atoms with Gasteiger partial charge in [-0.2, -0.15) is 5.10 Å². The van der Waals surface area contributed by atoms with Gasteiger partial charge in [-0.05, 0) is 23.8 Å². The quantitative estimate of drug-likeness (QED) is 0.449. The fourth-order valence-corrected chi connectivity index (χ4v) is 3.43. The SMILES string of the molecule is CN(C)c1cccc(C(=O)NNC(=O)c2cn(Cc3ccccc3)nc2-c2ccccc2)c1. The van der Waals surface area contributed by atoms with Crippen molar-refractivity contribution in [1.82, 2.24) is 20.6 Å². The summed E-state index contributed by atoms with van der Waals surface area (Å²) in [5.41, 5.74) is 9.19. The molecule has 0 aliphatic carbocycles. The van der Waals surface area contributed by atoms with Crippen LogP contribution >= 0.6 is 0 Å². The zero-order valence-corrected chi connectivity index (χ0v) is 18.5. The zero-order chi connectivity index (χ0) is 23.2. The molecular weight excluding hydrogens is 414 g/mol. The van der Waals surface area contributed by atoms with Crippen LogP contribution in [-0.4, -0.2) is 35.7 Å². The number of anilines is 1. The Morgan fingerprint density at radius 2 is 1.52 bits per heavy atom. The molecule has 4 aromatic rings. The van der Waals surface area contributed by atoms with Crippen LogP contribution in [0.1, 0.15) is 26.3 Å². The van der Waals surface area contributed by atoms with Gasteiger partial charge in [-0.1, -0.05) is 66.7 Å². The molecule has 2 N–H and O–H groups in total. The summed E-state index contributed by atoms with van der Waals surface area (Å²) in [6.45, 7) is 0.525. The highest BCUT2D eigenvalue weighted by atomic mass is 16.2. The van der Waals surface area contributed by atoms with Gasteiger partial charge in [0.1, 0.15) is 5.69 Å². The Bertz CT molecular complexity index is 1250. The molecule has 4 rings (SSSR count). The van der Waals surface area contributed by atoms with E-state index in [2.05, 4.69) is 16.0 Å². The molecule has 166 valence electrons. The van der Waals surface area contributed by atoms with E-state index in [0.29, 0.717) is 23.4 Å². The first-order valence-electron chi connectivity index (χ1n) is 10.6. The maximum atomic E-state index is 13.0. The van der Waals surface area contributed by atoms with E-state index in [-0.39, 0.29) is 0 Å². The van der Waals surface area contributed by atoms with Crippen molar-refractivity contribution in [2.75, 3.05) is 19.0 Å². The molecule has 1 aromatic heterocycles. The Kier molecular flexibility index (Phi) is 6.50. The van der Waals surface area contributed by atoms with Crippen molar-refractivity contribution in [2.24, 2.45) is 0 Å². The lowest BCUT2D eigenvalue weighted by Crippen LogP contribution is -2.41. The molecular formula is C26H25N5O2. The third-order valence-corrected chi connectivity index (χ3v) is 5.16. The summed E-state index contributed by atoms with van der Waals surface area (Å²) in [5, 5.41) is 4.65. The Labute approximate surface area is 192 Å². The maximum Gasteiger partial charge on any atom is 0.273 e. The van der Waals surface area contributed by atoms with Gasteiger partial charge >= 0.3 is 0 Å². The molecule has 0 fully saturated rings. The first-order valence-corrected chi connectivity index (χ1v) is 10.6. The number of hydrazine groups is 1. The second kappa shape index (κ2) is 9.82. The summed E-state index contributed by atoms with van der Waals surface area (Å²) in [7, 11) is 3.80. The molecule has 0 bridgehead atoms. The van der Waals surface area contributed by atoms with E-state index >= 15 is 0 Å². The minimum Gasteiger partial charge on any atom is -0.378 e. The van der Waals surface area contributed by atoms with Crippen molar-refractivity contribution in [3.05, 3.63) is 108 Å². The summed E-state index contributed by atoms with van der Waals surface area (Å²) in [6, 6.07) is 26.6. The summed E-state index contributed by atoms with van der Waals surface area (Å²) >= 11 is 0. The fourth-order valence-electron chi connectivity index (χ4n) is 3.43. The Hall–Kier alpha value is -4.39. The second-order valence-corrected chi connectivity index (χ2v) is 7.79. The average Bonchev–Trinajstić information content (AvgIpc) is 3.27. The van der Waals surface area contributed by atoms with Crippen molar-refractivity contribution in [1.29, 1.82) is 0 Å². The van der Waals surface area contributed by atoms with Crippen molar-refractivity contribution in [2.45, 2.75) is 6.54 Å². The van der Waals surface area contributed by atoms with Gasteiger partial charge in [-0.25, -0.2) is 0 Å². The highest BCUT2D eigenvalue weighted by Gasteiger charge is 2.19. The summed E-state index contributed by atoms with van der Waals surface area (Å²) in [5.74, 6) is -0.838. The zero-order valence-electron chi connectivity index (χ0n) is 18.5. The van der Waals surface area contributed by atoms with Crippen LogP contribution in [0.15, 0.2) is 91.1 Å². The smallest absolute Gasteiger partial charge is 0.273 e. The molecule has 0 saturated heterocycles. The Morgan fingerprint density at radius 1 is 0.848 bits per heavy atom. The van der Waals surface area contributed by atoms with Crippen LogP contribution in [-0.2, 0) is 6.54 Å². The van der Waals surface area contributed by atoms with Gasteiger partial charge in [0, 0.05) is 37.1 Å². The number of benzene rings is 3. The van der Waals surface area contributed by atoms with E-state index in [4.69, 9.17) is 0 Å². The van der Waals surface area contributed by atoms with Crippen LogP contribution in [0.2, 0.25) is 0 Å². The molecule has 0 unspecified atom stereocenters. The number of carbonyl (C=O) groups excluding carboxylic acids is 2. The molecule has 7 nitrogen and oxygen atoms in total. The van der Waals surface area contributed by atoms with Crippen LogP contribution in [0.5, 0.6) is 0 Å². The van der Waals surface area contributed by atoms with E-state index in [1.165, 1.54) is 0 Å². The molecule has 0 aliphatic heterocycles. The van der Waals surface area contributed by atoms with Crippen LogP contribution in [0.25, 0.3) is 11.3 Å². The van der Waals surface area contributed by atoms with Crippen molar-refractivity contribution < 1.29 is 9.59 Å². The minimum atomic E-state index is -0.440. The number of nitrogens with one attached hydrogen (secondary N) is 2. The summed E-state index contributed by atoms with van der Waals surface area (Å²) in [4.78, 5) is 27.5. The standard InChI is InChI=1S/C26H25N5O2/c1-30(2)22-15-9-14-21(16-22)25(32)27-28-26(33)23-18-31(17-19-10-5-3-6-11-19)29-24(23)20-12-7-4-8-13-20/h3-16,18H,17H2,1-2H3,(H,27,32)(H,28,33). The van der Waals surface area contributed by atoms with Gasteiger partial charge in [-0.15, -0.1) is 0 Å². The molecule has 7 heteroatoms. The van der Waals surface area contributed by atoms with Crippen LogP contribution in [0, 0.1) is 0 Å². The van der Waals surface area contributed by atoms with Crippen molar-refractivity contribution in [3.8, 4) is 11.3 Å². The first kappa shape index (κ1) is 21.8. The molecule has 0 saturated carbocycles. The van der Waals surface area contributed by atoms with E-state index in [1.54, 1.807) is 29.1 Å². The Balaban J connectivity index is 1.54. The van der Waals surface area contributed by atoms with Crippen LogP contribution in [0.3, 0.4) is 0 Å². The minimum absolute atomic E-state index is 0.375. The predicted octanol–water partition coefficient (Wildman–Crippen LogP) is 3.74. The van der Waals surface area contributed by atoms with E-state index in [0.717, 1.165) is 16.8 Å². The van der Waals surface area contributed by atoms with Crippen LogP contribution in [0.4, 0.5) is 5.69 Å². The topological polar surface area (TPSA) is 79.3 Å². The lowest BCUT2D eigenvalue weighted by atomic mass is 10.1. The molecule has 33 heavy (non-hydrogen) atoms. The normalized spacial score (nSPS) is 10.5. The fraction of sp³-hybridized carbons (Fsp3) is 0.115. The number of aromatic nitrogens is 2. The van der Waals surface area contributed by atoms with E-state index in [9.17, 15) is 9.59 Å². The summed E-state index contributed by atoms with van der Waals surface area (Å²) in [6.07, 6.45) is 1.70. The molecule has 0 atom stereocenters. The number of carbonyl (C=O) groups is 2. The van der Waals surface area contributed by atoms with E-state index < -0.39 is 11.8 Å². The van der Waals surface area contributed by atoms with Crippen LogP contribution < -0.4 is 15.8 Å². The largest absolute Gasteiger partial charge is 0.378 e. The number of hydrogen-bond acceptors (Lipinski definition) is 4. The lowest BCUT2D eigenvalue weighted by molar-refractivity contribution is 0.0847. The van der Waals surface area contributed by atoms with E-state index in [1.807, 2.05) is 85.7 Å². The molecule has 2 amide bonds. The molecule has 0 aliphatic rings. The molecule has 3 aromatic carbocycles.